The lowest BCUT2D eigenvalue weighted by Crippen LogP contribution is -2.35. The summed E-state index contributed by atoms with van der Waals surface area (Å²) in [6.07, 6.45) is 0. The zero-order valence-corrected chi connectivity index (χ0v) is 19.7. The third-order valence-corrected chi connectivity index (χ3v) is 7.80. The van der Waals surface area contributed by atoms with E-state index >= 15 is 0 Å². The number of hydrogen-bond donors (Lipinski definition) is 6. The maximum atomic E-state index is 8.71. The predicted octanol–water partition coefficient (Wildman–Crippen LogP) is -0.171. The second kappa shape index (κ2) is 14.7. The second-order valence-electron chi connectivity index (χ2n) is 4.71. The van der Waals surface area contributed by atoms with E-state index in [1.54, 1.807) is 0 Å². The summed E-state index contributed by atoms with van der Waals surface area (Å²) in [6, 6.07) is 0.000240. The fraction of sp³-hybridized carbons (Fsp3) is 0.818. The molecule has 0 fully saturated rings. The first-order valence-electron chi connectivity index (χ1n) is 7.34. The average Bonchev–Trinajstić information content (AvgIpc) is 2.44. The highest BCUT2D eigenvalue weighted by Crippen LogP contribution is 2.12. The van der Waals surface area contributed by atoms with Crippen molar-refractivity contribution < 1.29 is 33.5 Å². The molecule has 14 heteroatoms. The number of ether oxygens (including phenoxy) is 1. The normalized spacial score (nSPS) is 11.4. The van der Waals surface area contributed by atoms with Crippen LogP contribution in [0.25, 0.3) is 0 Å². The summed E-state index contributed by atoms with van der Waals surface area (Å²) in [7, 11) is -5.88. The lowest BCUT2D eigenvalue weighted by molar-refractivity contribution is 0.228. The maximum Gasteiger partial charge on any atom is 0.493 e. The van der Waals surface area contributed by atoms with Crippen molar-refractivity contribution in [3.63, 3.8) is 0 Å². The molecule has 25 heavy (non-hydrogen) atoms. The van der Waals surface area contributed by atoms with Gasteiger partial charge in [0.25, 0.3) is 0 Å². The van der Waals surface area contributed by atoms with Crippen LogP contribution in [0.15, 0.2) is 0 Å². The smallest absolute Gasteiger partial charge is 0.479 e. The van der Waals surface area contributed by atoms with Gasteiger partial charge in [-0.1, -0.05) is 35.7 Å². The van der Waals surface area contributed by atoms with Crippen LogP contribution in [0.5, 0.6) is 0 Å². The molecule has 0 aromatic carbocycles. The van der Waals surface area contributed by atoms with Crippen LogP contribution in [-0.2, 0) is 4.74 Å². The number of rotatable bonds is 8. The molecule has 8 nitrogen and oxygen atoms in total. The third-order valence-electron chi connectivity index (χ3n) is 2.37. The van der Waals surface area contributed by atoms with Gasteiger partial charge in [-0.25, -0.2) is 0 Å². The van der Waals surface area contributed by atoms with Crippen LogP contribution < -0.4 is 0 Å². The Morgan fingerprint density at radius 2 is 1.36 bits per heavy atom. The van der Waals surface area contributed by atoms with E-state index in [-0.39, 0.29) is 12.1 Å². The summed E-state index contributed by atoms with van der Waals surface area (Å²) < 4.78 is 6.00. The Kier molecular flexibility index (Phi) is 16.4. The molecule has 0 amide bonds. The van der Waals surface area contributed by atoms with Crippen molar-refractivity contribution in [2.24, 2.45) is 0 Å². The van der Waals surface area contributed by atoms with Gasteiger partial charge in [0.15, 0.2) is 0 Å². The van der Waals surface area contributed by atoms with Gasteiger partial charge in [0.05, 0.1) is 6.61 Å². The molecular weight excluding hydrogens is 443 g/mol. The molecule has 0 heterocycles. The minimum atomic E-state index is -3.88. The Balaban J connectivity index is 0. The van der Waals surface area contributed by atoms with E-state index in [9.17, 15) is 0 Å². The van der Waals surface area contributed by atoms with Crippen molar-refractivity contribution in [3.05, 3.63) is 0 Å². The number of thiocarbonyl (C=S) groups is 2. The van der Waals surface area contributed by atoms with Crippen LogP contribution >= 0.6 is 48.0 Å². The molecule has 0 aliphatic carbocycles. The van der Waals surface area contributed by atoms with Crippen molar-refractivity contribution >= 4 is 74.3 Å². The average molecular weight is 470 g/mol. The first kappa shape index (κ1) is 27.9. The molecular formula is C11H27NO7S4Si2. The summed E-state index contributed by atoms with van der Waals surface area (Å²) in [4.78, 5) is 53.8. The van der Waals surface area contributed by atoms with E-state index in [2.05, 4.69) is 0 Å². The third kappa shape index (κ3) is 22.6. The van der Waals surface area contributed by atoms with Crippen LogP contribution in [-0.4, -0.2) is 91.7 Å². The van der Waals surface area contributed by atoms with Crippen molar-refractivity contribution in [3.8, 4) is 0 Å². The molecule has 0 aromatic rings. The van der Waals surface area contributed by atoms with E-state index in [1.165, 1.54) is 23.5 Å². The molecule has 0 radical (unpaired) electrons. The molecule has 0 unspecified atom stereocenters. The Labute approximate surface area is 169 Å². The topological polar surface area (TPSA) is 134 Å². The van der Waals surface area contributed by atoms with Crippen LogP contribution in [0.2, 0.25) is 12.1 Å². The second-order valence-corrected chi connectivity index (χ2v) is 12.2. The summed E-state index contributed by atoms with van der Waals surface area (Å²) >= 11 is 12.3. The van der Waals surface area contributed by atoms with Crippen molar-refractivity contribution in [1.82, 2.24) is 4.90 Å². The van der Waals surface area contributed by atoms with Gasteiger partial charge in [0, 0.05) is 37.2 Å². The Morgan fingerprint density at radius 1 is 0.920 bits per heavy atom. The van der Waals surface area contributed by atoms with Crippen molar-refractivity contribution in [1.29, 1.82) is 0 Å². The minimum Gasteiger partial charge on any atom is -0.479 e. The lowest BCUT2D eigenvalue weighted by atomic mass is 10.7. The van der Waals surface area contributed by atoms with E-state index in [0.717, 1.165) is 6.54 Å². The fourth-order valence-corrected chi connectivity index (χ4v) is 5.59. The largest absolute Gasteiger partial charge is 0.493 e. The van der Waals surface area contributed by atoms with Crippen molar-refractivity contribution in [2.45, 2.75) is 25.9 Å². The Hall–Kier alpha value is 0.674. The summed E-state index contributed by atoms with van der Waals surface area (Å²) in [6.45, 7) is 5.13. The monoisotopic (exact) mass is 469 g/mol. The molecule has 0 aromatic heterocycles. The molecule has 0 aliphatic rings. The van der Waals surface area contributed by atoms with E-state index < -0.39 is 17.6 Å². The van der Waals surface area contributed by atoms with Gasteiger partial charge >= 0.3 is 17.6 Å². The summed E-state index contributed by atoms with van der Waals surface area (Å²) in [5.41, 5.74) is 0. The molecule has 0 rings (SSSR count). The fourth-order valence-electron chi connectivity index (χ4n) is 0.945. The maximum absolute atomic E-state index is 8.71. The lowest BCUT2D eigenvalue weighted by Gasteiger charge is -2.17. The minimum absolute atomic E-state index is 0.0229. The van der Waals surface area contributed by atoms with Gasteiger partial charge in [-0.2, -0.15) is 0 Å². The van der Waals surface area contributed by atoms with E-state index in [4.69, 9.17) is 57.9 Å². The molecule has 150 valence electrons. The molecule has 0 saturated carbocycles. The zero-order valence-electron chi connectivity index (χ0n) is 14.4. The van der Waals surface area contributed by atoms with E-state index in [1.807, 2.05) is 25.8 Å². The SMILES string of the molecule is CCN(C)C(=S)SCC[Si](O)(O)O.CCOC(=S)SCC[Si](O)(O)O. The van der Waals surface area contributed by atoms with Crippen LogP contribution in [0.4, 0.5) is 0 Å². The number of hydrogen-bond acceptors (Lipinski definition) is 11. The van der Waals surface area contributed by atoms with Crippen LogP contribution in [0, 0.1) is 0 Å². The first-order chi connectivity index (χ1) is 11.3. The van der Waals surface area contributed by atoms with Crippen molar-refractivity contribution in [2.75, 3.05) is 31.7 Å². The highest BCUT2D eigenvalue weighted by molar-refractivity contribution is 8.23. The molecule has 0 spiro atoms. The highest BCUT2D eigenvalue weighted by atomic mass is 32.2. The van der Waals surface area contributed by atoms with Gasteiger partial charge in [-0.3, -0.25) is 0 Å². The van der Waals surface area contributed by atoms with Gasteiger partial charge in [0.2, 0.25) is 4.38 Å². The van der Waals surface area contributed by atoms with Gasteiger partial charge in [-0.05, 0) is 26.1 Å². The first-order valence-corrected chi connectivity index (χ1v) is 14.2. The van der Waals surface area contributed by atoms with Crippen LogP contribution in [0.1, 0.15) is 13.8 Å². The molecule has 6 N–H and O–H groups in total. The molecule has 0 atom stereocenters. The summed E-state index contributed by atoms with van der Waals surface area (Å²) in [5, 5.41) is 0. The standard InChI is InChI=1S/C6H15NO3S2Si.C5H12O4S2Si/c1-3-7(2)6(11)12-4-5-13(8,9)10;1-2-9-5(10)11-3-4-12(6,7)8/h8-10H,3-5H2,1-2H3;6-8H,2-4H2,1H3. The van der Waals surface area contributed by atoms with E-state index in [0.29, 0.717) is 26.8 Å². The van der Waals surface area contributed by atoms with Gasteiger partial charge in [0.1, 0.15) is 4.32 Å². The Bertz CT molecular complexity index is 394. The quantitative estimate of drug-likeness (QED) is 0.208. The predicted molar refractivity (Wildman–Crippen MR) is 114 cm³/mol. The summed E-state index contributed by atoms with van der Waals surface area (Å²) in [5.74, 6) is 0.813. The highest BCUT2D eigenvalue weighted by Gasteiger charge is 2.26. The molecule has 0 bridgehead atoms. The van der Waals surface area contributed by atoms with Crippen LogP contribution in [0.3, 0.4) is 0 Å². The Morgan fingerprint density at radius 3 is 1.72 bits per heavy atom. The number of thioether (sulfide) groups is 2. The molecule has 0 saturated heterocycles. The number of nitrogens with zero attached hydrogens (tertiary/aromatic N) is 1. The van der Waals surface area contributed by atoms with Gasteiger partial charge in [-0.15, -0.1) is 0 Å². The van der Waals surface area contributed by atoms with Gasteiger partial charge < -0.3 is 38.4 Å². The zero-order chi connectivity index (χ0) is 20.1. The molecule has 0 aliphatic heterocycles.